The molecule has 0 saturated heterocycles. The van der Waals surface area contributed by atoms with Crippen molar-refractivity contribution in [2.75, 3.05) is 23.0 Å². The molecule has 7 nitrogen and oxygen atoms in total. The van der Waals surface area contributed by atoms with E-state index in [0.29, 0.717) is 13.0 Å². The molecule has 2 aromatic carbocycles. The predicted molar refractivity (Wildman–Crippen MR) is 161 cm³/mol. The van der Waals surface area contributed by atoms with Crippen LogP contribution in [0.4, 0.5) is 5.69 Å². The van der Waals surface area contributed by atoms with Crippen LogP contribution in [0, 0.1) is 13.8 Å². The van der Waals surface area contributed by atoms with E-state index in [9.17, 15) is 25.9 Å². The first-order valence-electron chi connectivity index (χ1n) is 12.7. The fraction of sp³-hybridized carbons (Fsp3) is 0.357. The molecule has 0 atom stereocenters. The van der Waals surface area contributed by atoms with Crippen LogP contribution in [0.2, 0.25) is 0 Å². The minimum atomic E-state index is -4.28. The summed E-state index contributed by atoms with van der Waals surface area (Å²) in [6.07, 6.45) is 6.05. The van der Waals surface area contributed by atoms with Crippen LogP contribution >= 0.6 is 23.1 Å². The molecule has 1 aliphatic heterocycles. The van der Waals surface area contributed by atoms with Gasteiger partial charge in [0.05, 0.1) is 26.6 Å². The number of allylic oxidation sites excluding steroid dienone is 2. The summed E-state index contributed by atoms with van der Waals surface area (Å²) in [7, 11) is -8.33. The van der Waals surface area contributed by atoms with E-state index in [-0.39, 0.29) is 18.6 Å². The molecular weight excluding hydrogens is 575 g/mol. The quantitative estimate of drug-likeness (QED) is 0.245. The minimum absolute atomic E-state index is 0.265. The smallest absolute Gasteiger partial charge is 0.264 e. The molecule has 0 fully saturated rings. The van der Waals surface area contributed by atoms with E-state index in [2.05, 4.69) is 60.4 Å². The third kappa shape index (κ3) is 7.96. The van der Waals surface area contributed by atoms with Gasteiger partial charge in [0.1, 0.15) is 0 Å². The molecule has 1 aromatic heterocycles. The Morgan fingerprint density at radius 3 is 2.44 bits per heavy atom. The summed E-state index contributed by atoms with van der Waals surface area (Å²) in [5.74, 6) is -0.695. The molecule has 0 spiro atoms. The normalized spacial score (nSPS) is 15.5. The molecule has 39 heavy (non-hydrogen) atoms. The SMILES string of the molecule is CCC(=Cc1sc2ccc(C)cc2c1CCCS(=O)(=O)[O-])/C=C1\Sc2ccc(C)cc2N1CCCS(=O)(=O)O. The zero-order valence-corrected chi connectivity index (χ0v) is 25.4. The summed E-state index contributed by atoms with van der Waals surface area (Å²) >= 11 is 3.28. The highest BCUT2D eigenvalue weighted by Gasteiger charge is 2.25. The summed E-state index contributed by atoms with van der Waals surface area (Å²) < 4.78 is 66.7. The Balaban J connectivity index is 1.71. The summed E-state index contributed by atoms with van der Waals surface area (Å²) in [6.45, 7) is 6.56. The highest BCUT2D eigenvalue weighted by Crippen LogP contribution is 2.47. The first-order valence-corrected chi connectivity index (χ1v) is 17.5. The molecule has 1 N–H and O–H groups in total. The van der Waals surface area contributed by atoms with Crippen LogP contribution in [0.3, 0.4) is 0 Å². The van der Waals surface area contributed by atoms with Crippen molar-refractivity contribution in [3.63, 3.8) is 0 Å². The first-order chi connectivity index (χ1) is 18.3. The largest absolute Gasteiger partial charge is 0.748 e. The van der Waals surface area contributed by atoms with Gasteiger partial charge in [0, 0.05) is 26.8 Å². The Hall–Kier alpha value is -2.15. The van der Waals surface area contributed by atoms with Crippen molar-refractivity contribution in [1.82, 2.24) is 0 Å². The zero-order valence-electron chi connectivity index (χ0n) is 22.1. The maximum atomic E-state index is 11.3. The van der Waals surface area contributed by atoms with Crippen molar-refractivity contribution in [2.24, 2.45) is 0 Å². The second kappa shape index (κ2) is 12.2. The molecule has 3 aromatic rings. The number of thioether (sulfide) groups is 1. The fourth-order valence-electron chi connectivity index (χ4n) is 4.61. The number of hydrogen-bond acceptors (Lipinski definition) is 8. The molecule has 2 heterocycles. The van der Waals surface area contributed by atoms with Crippen molar-refractivity contribution in [3.05, 3.63) is 74.6 Å². The number of anilines is 1. The van der Waals surface area contributed by atoms with Crippen LogP contribution in [0.15, 0.2) is 58.0 Å². The van der Waals surface area contributed by atoms with Gasteiger partial charge in [-0.3, -0.25) is 4.55 Å². The van der Waals surface area contributed by atoms with Crippen LogP contribution in [-0.2, 0) is 26.7 Å². The van der Waals surface area contributed by atoms with Gasteiger partial charge in [-0.05, 0) is 92.0 Å². The molecule has 0 aliphatic carbocycles. The zero-order chi connectivity index (χ0) is 28.4. The van der Waals surface area contributed by atoms with Crippen LogP contribution in [0.25, 0.3) is 16.2 Å². The monoisotopic (exact) mass is 606 g/mol. The van der Waals surface area contributed by atoms with Gasteiger partial charge in [0.2, 0.25) is 0 Å². The molecule has 0 saturated carbocycles. The van der Waals surface area contributed by atoms with Crippen LogP contribution in [0.1, 0.15) is 47.8 Å². The van der Waals surface area contributed by atoms with E-state index < -0.39 is 26.0 Å². The van der Waals surface area contributed by atoms with E-state index >= 15 is 0 Å². The number of rotatable bonds is 11. The van der Waals surface area contributed by atoms with E-state index in [1.165, 1.54) is 0 Å². The Morgan fingerprint density at radius 2 is 1.74 bits per heavy atom. The van der Waals surface area contributed by atoms with Crippen LogP contribution in [-0.4, -0.2) is 44.0 Å². The van der Waals surface area contributed by atoms with Gasteiger partial charge >= 0.3 is 0 Å². The van der Waals surface area contributed by atoms with Gasteiger partial charge in [-0.15, -0.1) is 11.3 Å². The highest BCUT2D eigenvalue weighted by atomic mass is 32.2. The average Bonchev–Trinajstić information content (AvgIpc) is 3.34. The summed E-state index contributed by atoms with van der Waals surface area (Å²) in [4.78, 5) is 4.24. The summed E-state index contributed by atoms with van der Waals surface area (Å²) in [6, 6.07) is 12.4. The topological polar surface area (TPSA) is 115 Å². The van der Waals surface area contributed by atoms with Crippen molar-refractivity contribution in [1.29, 1.82) is 0 Å². The molecule has 0 bridgehead atoms. The lowest BCUT2D eigenvalue weighted by Gasteiger charge is -2.21. The molecule has 0 unspecified atom stereocenters. The number of aryl methyl sites for hydroxylation is 3. The van der Waals surface area contributed by atoms with Gasteiger partial charge < -0.3 is 9.45 Å². The van der Waals surface area contributed by atoms with Crippen LogP contribution < -0.4 is 4.90 Å². The van der Waals surface area contributed by atoms with E-state index in [0.717, 1.165) is 59.3 Å². The third-order valence-electron chi connectivity index (χ3n) is 6.50. The van der Waals surface area contributed by atoms with E-state index in [1.807, 2.05) is 13.8 Å². The summed E-state index contributed by atoms with van der Waals surface area (Å²) in [5.41, 5.74) is 5.36. The van der Waals surface area contributed by atoms with Gasteiger partial charge in [-0.1, -0.05) is 42.4 Å². The van der Waals surface area contributed by atoms with Crippen molar-refractivity contribution >= 4 is 65.2 Å². The van der Waals surface area contributed by atoms with Crippen molar-refractivity contribution < 1.29 is 25.9 Å². The second-order valence-corrected chi connectivity index (χ2v) is 15.0. The number of nitrogens with zero attached hydrogens (tertiary/aromatic N) is 1. The van der Waals surface area contributed by atoms with Gasteiger partial charge in [-0.25, -0.2) is 8.42 Å². The number of hydrogen-bond donors (Lipinski definition) is 1. The predicted octanol–water partition coefficient (Wildman–Crippen LogP) is 6.52. The Labute approximate surface area is 239 Å². The molecule has 0 amide bonds. The van der Waals surface area contributed by atoms with Crippen molar-refractivity contribution in [3.8, 4) is 0 Å². The Bertz CT molecular complexity index is 1650. The third-order valence-corrected chi connectivity index (χ3v) is 10.4. The second-order valence-electron chi connectivity index (χ2n) is 9.73. The molecule has 0 radical (unpaired) electrons. The fourth-order valence-corrected chi connectivity index (χ4v) is 7.96. The average molecular weight is 607 g/mol. The standard InChI is InChI=1S/C28H33NO6S4/c1-4-21(17-27-22(7-5-13-38(30,31)32)23-15-19(2)8-10-25(23)36-27)18-28-29(12-6-14-39(33,34)35)24-16-20(3)9-11-26(24)37-28/h8-11,15-18H,4-7,12-14H2,1-3H3,(H,30,31,32)(H,33,34,35)/p-1/b21-17?,28-18-. The Morgan fingerprint density at radius 1 is 1.03 bits per heavy atom. The number of benzene rings is 2. The molecule has 1 aliphatic rings. The number of thiophene rings is 1. The molecule has 11 heteroatoms. The highest BCUT2D eigenvalue weighted by molar-refractivity contribution is 8.03. The molecular formula is C28H32NO6S4-. The van der Waals surface area contributed by atoms with Crippen LogP contribution in [0.5, 0.6) is 0 Å². The van der Waals surface area contributed by atoms with Gasteiger partial charge in [-0.2, -0.15) is 8.42 Å². The first kappa shape index (κ1) is 29.8. The number of fused-ring (bicyclic) bond motifs is 2. The maximum absolute atomic E-state index is 11.3. The lowest BCUT2D eigenvalue weighted by Crippen LogP contribution is -2.21. The lowest BCUT2D eigenvalue weighted by molar-refractivity contribution is 0.461. The Kier molecular flexibility index (Phi) is 9.30. The van der Waals surface area contributed by atoms with Gasteiger partial charge in [0.25, 0.3) is 10.1 Å². The molecule has 4 rings (SSSR count). The van der Waals surface area contributed by atoms with Crippen molar-refractivity contribution in [2.45, 2.75) is 51.3 Å². The maximum Gasteiger partial charge on any atom is 0.264 e. The van der Waals surface area contributed by atoms with E-state index in [4.69, 9.17) is 0 Å². The van der Waals surface area contributed by atoms with E-state index in [1.54, 1.807) is 23.1 Å². The van der Waals surface area contributed by atoms with Gasteiger partial charge in [0.15, 0.2) is 0 Å². The minimum Gasteiger partial charge on any atom is -0.748 e. The lowest BCUT2D eigenvalue weighted by atomic mass is 10.0. The summed E-state index contributed by atoms with van der Waals surface area (Å²) in [5, 5.41) is 2.07. The molecule has 210 valence electrons.